The van der Waals surface area contributed by atoms with Crippen LogP contribution in [0.4, 0.5) is 0 Å². The molecule has 1 aromatic carbocycles. The molecule has 2 rings (SSSR count). The van der Waals surface area contributed by atoms with Gasteiger partial charge in [0, 0.05) is 23.5 Å². The van der Waals surface area contributed by atoms with Crippen LogP contribution >= 0.6 is 0 Å². The number of fused-ring (bicyclic) bond motifs is 1. The molecule has 1 aliphatic rings. The third-order valence-corrected chi connectivity index (χ3v) is 4.54. The van der Waals surface area contributed by atoms with E-state index in [0.717, 1.165) is 6.26 Å². The van der Waals surface area contributed by atoms with Gasteiger partial charge in [-0.25, -0.2) is 0 Å². The highest BCUT2D eigenvalue weighted by atomic mass is 32.2. The SMILES string of the molecule is COc1ccc2c(c1OS(C)(=O)=O)C(COC(=O)C(C)(C)C)CCC2=O. The van der Waals surface area contributed by atoms with Crippen LogP contribution in [-0.4, -0.2) is 40.1 Å². The minimum Gasteiger partial charge on any atom is -0.493 e. The van der Waals surface area contributed by atoms with Gasteiger partial charge in [-0.05, 0) is 39.3 Å². The molecule has 0 aromatic heterocycles. The first kappa shape index (κ1) is 20.2. The molecular formula is C18H24O7S. The fourth-order valence-corrected chi connectivity index (χ4v) is 3.24. The van der Waals surface area contributed by atoms with Crippen LogP contribution in [-0.2, 0) is 19.6 Å². The van der Waals surface area contributed by atoms with E-state index >= 15 is 0 Å². The third-order valence-electron chi connectivity index (χ3n) is 4.07. The average molecular weight is 384 g/mol. The van der Waals surface area contributed by atoms with Crippen LogP contribution in [0, 0.1) is 5.41 Å². The van der Waals surface area contributed by atoms with Crippen molar-refractivity contribution in [3.05, 3.63) is 23.3 Å². The van der Waals surface area contributed by atoms with Gasteiger partial charge in [0.05, 0.1) is 25.4 Å². The molecule has 0 N–H and O–H groups in total. The first-order valence-electron chi connectivity index (χ1n) is 8.25. The Bertz CT molecular complexity index is 819. The van der Waals surface area contributed by atoms with E-state index in [1.54, 1.807) is 26.8 Å². The maximum atomic E-state index is 12.3. The second kappa shape index (κ2) is 7.26. The van der Waals surface area contributed by atoms with Gasteiger partial charge < -0.3 is 13.7 Å². The van der Waals surface area contributed by atoms with E-state index in [1.165, 1.54) is 13.2 Å². The predicted molar refractivity (Wildman–Crippen MR) is 95.2 cm³/mol. The largest absolute Gasteiger partial charge is 0.493 e. The smallest absolute Gasteiger partial charge is 0.311 e. The van der Waals surface area contributed by atoms with Gasteiger partial charge in [-0.15, -0.1) is 0 Å². The molecular weight excluding hydrogens is 360 g/mol. The van der Waals surface area contributed by atoms with Gasteiger partial charge in [-0.2, -0.15) is 8.42 Å². The number of hydrogen-bond donors (Lipinski definition) is 0. The summed E-state index contributed by atoms with van der Waals surface area (Å²) < 4.78 is 39.1. The van der Waals surface area contributed by atoms with Crippen LogP contribution in [0.5, 0.6) is 11.5 Å². The molecule has 1 aliphatic carbocycles. The fraction of sp³-hybridized carbons (Fsp3) is 0.556. The van der Waals surface area contributed by atoms with Crippen molar-refractivity contribution in [2.45, 2.75) is 39.5 Å². The summed E-state index contributed by atoms with van der Waals surface area (Å²) in [7, 11) is -2.45. The normalized spacial score (nSPS) is 17.4. The number of benzene rings is 1. The molecule has 7 nitrogen and oxygen atoms in total. The van der Waals surface area contributed by atoms with E-state index in [9.17, 15) is 18.0 Å². The highest BCUT2D eigenvalue weighted by Crippen LogP contribution is 2.44. The Morgan fingerprint density at radius 2 is 1.92 bits per heavy atom. The van der Waals surface area contributed by atoms with E-state index in [1.807, 2.05) is 0 Å². The van der Waals surface area contributed by atoms with Gasteiger partial charge >= 0.3 is 16.1 Å². The molecule has 1 atom stereocenters. The summed E-state index contributed by atoms with van der Waals surface area (Å²) in [6, 6.07) is 3.09. The van der Waals surface area contributed by atoms with E-state index in [-0.39, 0.29) is 42.2 Å². The fourth-order valence-electron chi connectivity index (χ4n) is 2.77. The number of hydrogen-bond acceptors (Lipinski definition) is 7. The van der Waals surface area contributed by atoms with Crippen molar-refractivity contribution in [1.29, 1.82) is 0 Å². The molecule has 0 saturated heterocycles. The highest BCUT2D eigenvalue weighted by Gasteiger charge is 2.34. The van der Waals surface area contributed by atoms with E-state index in [2.05, 4.69) is 0 Å². The second-order valence-electron chi connectivity index (χ2n) is 7.35. The molecule has 0 amide bonds. The lowest BCUT2D eigenvalue weighted by atomic mass is 9.81. The van der Waals surface area contributed by atoms with Crippen LogP contribution in [0.15, 0.2) is 12.1 Å². The average Bonchev–Trinajstić information content (AvgIpc) is 2.52. The molecule has 0 spiro atoms. The highest BCUT2D eigenvalue weighted by molar-refractivity contribution is 7.86. The third kappa shape index (κ3) is 4.55. The molecule has 0 heterocycles. The van der Waals surface area contributed by atoms with Crippen LogP contribution in [0.1, 0.15) is 55.5 Å². The van der Waals surface area contributed by atoms with Crippen molar-refractivity contribution >= 4 is 21.9 Å². The van der Waals surface area contributed by atoms with Crippen LogP contribution in [0.2, 0.25) is 0 Å². The van der Waals surface area contributed by atoms with Crippen LogP contribution < -0.4 is 8.92 Å². The minimum absolute atomic E-state index is 0.0163. The van der Waals surface area contributed by atoms with E-state index < -0.39 is 15.5 Å². The number of methoxy groups -OCH3 is 1. The van der Waals surface area contributed by atoms with Gasteiger partial charge in [0.25, 0.3) is 0 Å². The Kier molecular flexibility index (Phi) is 5.65. The lowest BCUT2D eigenvalue weighted by Gasteiger charge is -2.28. The van der Waals surface area contributed by atoms with Crippen molar-refractivity contribution in [3.63, 3.8) is 0 Å². The summed E-state index contributed by atoms with van der Waals surface area (Å²) in [6.45, 7) is 5.27. The monoisotopic (exact) mass is 384 g/mol. The van der Waals surface area contributed by atoms with Gasteiger partial charge in [-0.3, -0.25) is 9.59 Å². The lowest BCUT2D eigenvalue weighted by Crippen LogP contribution is -2.27. The number of ketones is 1. The van der Waals surface area contributed by atoms with Gasteiger partial charge in [0.1, 0.15) is 0 Å². The first-order chi connectivity index (χ1) is 11.9. The summed E-state index contributed by atoms with van der Waals surface area (Å²) >= 11 is 0. The van der Waals surface area contributed by atoms with Crippen LogP contribution in [0.3, 0.4) is 0 Å². The molecule has 1 aromatic rings. The lowest BCUT2D eigenvalue weighted by molar-refractivity contribution is -0.153. The summed E-state index contributed by atoms with van der Waals surface area (Å²) in [6.07, 6.45) is 1.64. The number of carbonyl (C=O) groups excluding carboxylic acids is 2. The number of rotatable bonds is 5. The Balaban J connectivity index is 2.47. The number of ether oxygens (including phenoxy) is 2. The van der Waals surface area contributed by atoms with Crippen molar-refractivity contribution in [1.82, 2.24) is 0 Å². The molecule has 0 fully saturated rings. The second-order valence-corrected chi connectivity index (χ2v) is 8.93. The van der Waals surface area contributed by atoms with Gasteiger partial charge in [0.15, 0.2) is 17.3 Å². The Morgan fingerprint density at radius 3 is 2.46 bits per heavy atom. The number of Topliss-reactive ketones (excluding diaryl/α,β-unsaturated/α-hetero) is 1. The van der Waals surface area contributed by atoms with Crippen molar-refractivity contribution in [2.24, 2.45) is 5.41 Å². The Labute approximate surface area is 153 Å². The number of esters is 1. The summed E-state index contributed by atoms with van der Waals surface area (Å²) in [5.41, 5.74) is 0.119. The Hall–Kier alpha value is -2.09. The van der Waals surface area contributed by atoms with Crippen LogP contribution in [0.25, 0.3) is 0 Å². The predicted octanol–water partition coefficient (Wildman–Crippen LogP) is 2.68. The molecule has 0 aliphatic heterocycles. The number of carbonyl (C=O) groups is 2. The molecule has 8 heteroatoms. The van der Waals surface area contributed by atoms with Crippen molar-refractivity contribution < 1.29 is 31.7 Å². The topological polar surface area (TPSA) is 96.0 Å². The molecule has 144 valence electrons. The van der Waals surface area contributed by atoms with Gasteiger partial charge in [-0.1, -0.05) is 0 Å². The summed E-state index contributed by atoms with van der Waals surface area (Å²) in [5, 5.41) is 0. The zero-order valence-corrected chi connectivity index (χ0v) is 16.4. The van der Waals surface area contributed by atoms with E-state index in [0.29, 0.717) is 17.5 Å². The van der Waals surface area contributed by atoms with E-state index in [4.69, 9.17) is 13.7 Å². The maximum absolute atomic E-state index is 12.3. The quantitative estimate of drug-likeness (QED) is 0.569. The molecule has 0 bridgehead atoms. The molecule has 26 heavy (non-hydrogen) atoms. The van der Waals surface area contributed by atoms with Crippen molar-refractivity contribution in [3.8, 4) is 11.5 Å². The molecule has 0 radical (unpaired) electrons. The first-order valence-corrected chi connectivity index (χ1v) is 10.1. The maximum Gasteiger partial charge on any atom is 0.311 e. The minimum atomic E-state index is -3.84. The van der Waals surface area contributed by atoms with Gasteiger partial charge in [0.2, 0.25) is 0 Å². The molecule has 1 unspecified atom stereocenters. The summed E-state index contributed by atoms with van der Waals surface area (Å²) in [4.78, 5) is 24.4. The standard InChI is InChI=1S/C18H24O7S/c1-18(2,3)17(20)24-10-11-6-8-13(19)12-7-9-14(23-4)16(15(11)12)25-26(5,21)22/h7,9,11H,6,8,10H2,1-5H3. The zero-order valence-electron chi connectivity index (χ0n) is 15.6. The summed E-state index contributed by atoms with van der Waals surface area (Å²) in [5.74, 6) is -0.655. The Morgan fingerprint density at radius 1 is 1.27 bits per heavy atom. The molecule has 0 saturated carbocycles. The van der Waals surface area contributed by atoms with Crippen molar-refractivity contribution in [2.75, 3.05) is 20.0 Å². The zero-order chi connectivity index (χ0) is 19.7.